The van der Waals surface area contributed by atoms with Gasteiger partial charge in [0.05, 0.1) is 0 Å². The minimum Gasteiger partial charge on any atom is -0.343 e. The van der Waals surface area contributed by atoms with Crippen molar-refractivity contribution >= 4 is 34.1 Å². The second kappa shape index (κ2) is 6.51. The maximum atomic E-state index is 13.5. The Hall–Kier alpha value is -3.98. The molecule has 0 N–H and O–H groups in total. The molecule has 4 aromatic rings. The molecule has 31 heavy (non-hydrogen) atoms. The summed E-state index contributed by atoms with van der Waals surface area (Å²) in [5.74, 6) is -0.132. The van der Waals surface area contributed by atoms with E-state index in [0.29, 0.717) is 22.3 Å². The lowest BCUT2D eigenvalue weighted by atomic mass is 9.77. The second-order valence-electron chi connectivity index (χ2n) is 8.12. The van der Waals surface area contributed by atoms with Crippen molar-refractivity contribution in [1.29, 1.82) is 0 Å². The van der Waals surface area contributed by atoms with Crippen LogP contribution in [0.1, 0.15) is 48.5 Å². The monoisotopic (exact) mass is 401 g/mol. The van der Waals surface area contributed by atoms with Crippen LogP contribution in [0.25, 0.3) is 16.8 Å². The van der Waals surface area contributed by atoms with E-state index in [4.69, 9.17) is 0 Å². The van der Waals surface area contributed by atoms with Gasteiger partial charge in [-0.1, -0.05) is 66.7 Å². The summed E-state index contributed by atoms with van der Waals surface area (Å²) in [4.78, 5) is 29.2. The van der Waals surface area contributed by atoms with E-state index in [0.717, 1.165) is 34.1 Å². The zero-order valence-corrected chi connectivity index (χ0v) is 17.1. The van der Waals surface area contributed by atoms with Gasteiger partial charge in [-0.05, 0) is 41.1 Å². The van der Waals surface area contributed by atoms with E-state index in [2.05, 4.69) is 35.4 Å². The first-order chi connectivity index (χ1) is 15.1. The van der Waals surface area contributed by atoms with E-state index < -0.39 is 0 Å². The van der Waals surface area contributed by atoms with Crippen LogP contribution in [0.3, 0.4) is 0 Å². The first-order valence-electron chi connectivity index (χ1n) is 10.4. The van der Waals surface area contributed by atoms with Gasteiger partial charge in [0.25, 0.3) is 0 Å². The maximum Gasteiger partial charge on any atom is 0.195 e. The van der Waals surface area contributed by atoms with E-state index in [-0.39, 0.29) is 11.6 Å². The molecular weight excluding hydrogens is 382 g/mol. The first kappa shape index (κ1) is 17.8. The topological polar surface area (TPSA) is 37.4 Å². The fourth-order valence-corrected chi connectivity index (χ4v) is 4.95. The highest BCUT2D eigenvalue weighted by molar-refractivity contribution is 6.34. The smallest absolute Gasteiger partial charge is 0.195 e. The van der Waals surface area contributed by atoms with Gasteiger partial charge in [0.1, 0.15) is 0 Å². The van der Waals surface area contributed by atoms with E-state index in [9.17, 15) is 9.59 Å². The molecule has 4 aromatic carbocycles. The summed E-state index contributed by atoms with van der Waals surface area (Å²) in [5, 5.41) is 1.89. The Morgan fingerprint density at radius 3 is 2.16 bits per heavy atom. The Balaban J connectivity index is 1.62. The van der Waals surface area contributed by atoms with Crippen LogP contribution >= 0.6 is 0 Å². The van der Waals surface area contributed by atoms with Crippen LogP contribution in [0.15, 0.2) is 79.0 Å². The van der Waals surface area contributed by atoms with Crippen molar-refractivity contribution < 1.29 is 9.59 Å². The number of anilines is 1. The van der Waals surface area contributed by atoms with Crippen molar-refractivity contribution in [3.8, 4) is 0 Å². The minimum atomic E-state index is -0.0684. The van der Waals surface area contributed by atoms with Crippen LogP contribution in [0.5, 0.6) is 0 Å². The lowest BCUT2D eigenvalue weighted by Crippen LogP contribution is -2.24. The van der Waals surface area contributed by atoms with Gasteiger partial charge in [-0.2, -0.15) is 0 Å². The lowest BCUT2D eigenvalue weighted by molar-refractivity contribution is 0.0980. The van der Waals surface area contributed by atoms with Gasteiger partial charge in [-0.15, -0.1) is 0 Å². The molecule has 0 bridgehead atoms. The SMILES string of the molecule is Cc1c2c(c3cccc4c3c1C=CN4Cc1ccccc1)C(=O)c1ccccc1C2=O. The molecule has 0 aromatic heterocycles. The van der Waals surface area contributed by atoms with Gasteiger partial charge in [-0.25, -0.2) is 0 Å². The number of nitrogens with zero attached hydrogens (tertiary/aromatic N) is 1. The van der Waals surface area contributed by atoms with Crippen LogP contribution in [-0.2, 0) is 6.54 Å². The summed E-state index contributed by atoms with van der Waals surface area (Å²) >= 11 is 0. The Morgan fingerprint density at radius 2 is 1.42 bits per heavy atom. The summed E-state index contributed by atoms with van der Waals surface area (Å²) in [6, 6.07) is 23.5. The molecule has 148 valence electrons. The van der Waals surface area contributed by atoms with Crippen LogP contribution < -0.4 is 4.90 Å². The molecule has 0 amide bonds. The molecule has 3 heteroatoms. The molecule has 0 fully saturated rings. The zero-order valence-electron chi connectivity index (χ0n) is 17.1. The Morgan fingerprint density at radius 1 is 0.742 bits per heavy atom. The molecule has 1 heterocycles. The number of fused-ring (bicyclic) bond motifs is 3. The summed E-state index contributed by atoms with van der Waals surface area (Å²) < 4.78 is 0. The number of benzene rings is 4. The third-order valence-electron chi connectivity index (χ3n) is 6.41. The highest BCUT2D eigenvalue weighted by atomic mass is 16.1. The van der Waals surface area contributed by atoms with Crippen LogP contribution in [0.4, 0.5) is 5.69 Å². The van der Waals surface area contributed by atoms with E-state index >= 15 is 0 Å². The number of hydrogen-bond acceptors (Lipinski definition) is 3. The number of rotatable bonds is 2. The molecule has 0 radical (unpaired) electrons. The van der Waals surface area contributed by atoms with Crippen molar-refractivity contribution in [2.75, 3.05) is 4.90 Å². The van der Waals surface area contributed by atoms with Gasteiger partial charge < -0.3 is 4.90 Å². The first-order valence-corrected chi connectivity index (χ1v) is 10.4. The molecule has 2 aliphatic rings. The molecule has 1 aliphatic heterocycles. The van der Waals surface area contributed by atoms with Crippen LogP contribution in [0.2, 0.25) is 0 Å². The van der Waals surface area contributed by atoms with E-state index in [1.165, 1.54) is 5.56 Å². The predicted octanol–water partition coefficient (Wildman–Crippen LogP) is 5.91. The standard InChI is InChI=1S/C28H19NO2/c1-17-19-14-15-29(16-18-8-3-2-4-9-18)23-13-7-12-22(25(19)23)26-24(17)27(30)20-10-5-6-11-21(20)28(26)31/h2-15H,16H2,1H3. The van der Waals surface area contributed by atoms with Gasteiger partial charge >= 0.3 is 0 Å². The Kier molecular flexibility index (Phi) is 3.75. The van der Waals surface area contributed by atoms with Crippen molar-refractivity contribution in [2.45, 2.75) is 13.5 Å². The van der Waals surface area contributed by atoms with Gasteiger partial charge in [-0.3, -0.25) is 9.59 Å². The molecule has 0 spiro atoms. The maximum absolute atomic E-state index is 13.5. The highest BCUT2D eigenvalue weighted by Gasteiger charge is 2.34. The molecule has 1 aliphatic carbocycles. The average molecular weight is 401 g/mol. The molecule has 3 nitrogen and oxygen atoms in total. The quantitative estimate of drug-likeness (QED) is 0.369. The van der Waals surface area contributed by atoms with Crippen LogP contribution in [-0.4, -0.2) is 11.6 Å². The second-order valence-corrected chi connectivity index (χ2v) is 8.12. The van der Waals surface area contributed by atoms with Crippen molar-refractivity contribution in [3.05, 3.63) is 118 Å². The van der Waals surface area contributed by atoms with Gasteiger partial charge in [0, 0.05) is 46.1 Å². The van der Waals surface area contributed by atoms with Gasteiger partial charge in [0.2, 0.25) is 0 Å². The number of carbonyl (C=O) groups excluding carboxylic acids is 2. The lowest BCUT2D eigenvalue weighted by Gasteiger charge is -2.30. The van der Waals surface area contributed by atoms with Crippen molar-refractivity contribution in [2.24, 2.45) is 0 Å². The Bertz CT molecular complexity index is 1450. The molecular formula is C28H19NO2. The predicted molar refractivity (Wildman–Crippen MR) is 124 cm³/mol. The summed E-state index contributed by atoms with van der Waals surface area (Å²) in [6.45, 7) is 2.70. The van der Waals surface area contributed by atoms with E-state index in [1.807, 2.05) is 49.4 Å². The number of carbonyl (C=O) groups is 2. The molecule has 0 saturated carbocycles. The van der Waals surface area contributed by atoms with Crippen LogP contribution in [0, 0.1) is 6.92 Å². The third kappa shape index (κ3) is 2.47. The summed E-state index contributed by atoms with van der Waals surface area (Å²) in [5.41, 5.74) is 6.24. The molecule has 0 unspecified atom stereocenters. The highest BCUT2D eigenvalue weighted by Crippen LogP contribution is 2.43. The van der Waals surface area contributed by atoms with Crippen molar-refractivity contribution in [1.82, 2.24) is 0 Å². The fraction of sp³-hybridized carbons (Fsp3) is 0.0714. The third-order valence-corrected chi connectivity index (χ3v) is 6.41. The molecule has 0 atom stereocenters. The summed E-state index contributed by atoms with van der Waals surface area (Å²) in [7, 11) is 0. The molecule has 6 rings (SSSR count). The van der Waals surface area contributed by atoms with Crippen molar-refractivity contribution in [3.63, 3.8) is 0 Å². The average Bonchev–Trinajstić information content (AvgIpc) is 2.81. The largest absolute Gasteiger partial charge is 0.343 e. The molecule has 0 saturated heterocycles. The normalized spacial score (nSPS) is 14.0. The zero-order chi connectivity index (χ0) is 21.1. The van der Waals surface area contributed by atoms with Gasteiger partial charge in [0.15, 0.2) is 11.6 Å². The Labute approximate surface area is 180 Å². The van der Waals surface area contributed by atoms with E-state index in [1.54, 1.807) is 12.1 Å². The fourth-order valence-electron chi connectivity index (χ4n) is 4.95. The number of hydrogen-bond donors (Lipinski definition) is 0. The minimum absolute atomic E-state index is 0.0635. The number of ketones is 2. The summed E-state index contributed by atoms with van der Waals surface area (Å²) in [6.07, 6.45) is 4.15.